The Kier molecular flexibility index (Phi) is 6.68. The molecule has 0 saturated heterocycles. The van der Waals surface area contributed by atoms with E-state index in [4.69, 9.17) is 14.5 Å². The van der Waals surface area contributed by atoms with Crippen molar-refractivity contribution in [1.29, 1.82) is 0 Å². The highest BCUT2D eigenvalue weighted by Gasteiger charge is 2.51. The van der Waals surface area contributed by atoms with Gasteiger partial charge in [0.2, 0.25) is 0 Å². The highest BCUT2D eigenvalue weighted by atomic mass is 79.9. The number of hydrogen-bond donors (Lipinski definition) is 2. The number of methoxy groups -OCH3 is 1. The van der Waals surface area contributed by atoms with Crippen LogP contribution in [0.15, 0.2) is 46.9 Å². The number of hydrogen-bond acceptors (Lipinski definition) is 3. The number of thioether (sulfide) groups is 1. The smallest absolute Gasteiger partial charge is 0.399 e. The highest BCUT2D eigenvalue weighted by Crippen LogP contribution is 2.60. The lowest BCUT2D eigenvalue weighted by atomic mass is 10.1. The Morgan fingerprint density at radius 3 is 2.36 bits per heavy atom. The van der Waals surface area contributed by atoms with Gasteiger partial charge in [0.05, 0.1) is 7.11 Å². The van der Waals surface area contributed by atoms with E-state index in [0.717, 1.165) is 28.7 Å². The lowest BCUT2D eigenvalue weighted by Crippen LogP contribution is -2.14. The van der Waals surface area contributed by atoms with Gasteiger partial charge in [-0.2, -0.15) is 20.5 Å². The third-order valence-corrected chi connectivity index (χ3v) is 6.10. The molecular formula is C16H16BrF2O4PS. The summed E-state index contributed by atoms with van der Waals surface area (Å²) in [5.74, 6) is 2.05. The summed E-state index contributed by atoms with van der Waals surface area (Å²) in [7, 11) is -3.99. The molecule has 0 aliphatic rings. The predicted octanol–water partition coefficient (Wildman–Crippen LogP) is 5.12. The van der Waals surface area contributed by atoms with Crippen molar-refractivity contribution >= 4 is 35.3 Å². The Labute approximate surface area is 156 Å². The molecule has 25 heavy (non-hydrogen) atoms. The largest absolute Gasteiger partial charge is 0.497 e. The van der Waals surface area contributed by atoms with Crippen LogP contribution in [0.2, 0.25) is 0 Å². The van der Waals surface area contributed by atoms with Crippen molar-refractivity contribution in [1.82, 2.24) is 0 Å². The fourth-order valence-electron chi connectivity index (χ4n) is 2.10. The number of ether oxygens (including phenoxy) is 1. The summed E-state index contributed by atoms with van der Waals surface area (Å²) in [6.07, 6.45) is 0. The van der Waals surface area contributed by atoms with Crippen LogP contribution in [0.3, 0.4) is 0 Å². The lowest BCUT2D eigenvalue weighted by molar-refractivity contribution is 0.0557. The maximum atomic E-state index is 13.8. The molecule has 0 unspecified atom stereocenters. The zero-order chi connectivity index (χ0) is 18.7. The maximum Gasteiger partial charge on any atom is 0.399 e. The van der Waals surface area contributed by atoms with Gasteiger partial charge < -0.3 is 14.5 Å². The number of alkyl halides is 2. The average molecular weight is 453 g/mol. The van der Waals surface area contributed by atoms with Gasteiger partial charge in [-0.3, -0.25) is 4.57 Å². The monoisotopic (exact) mass is 452 g/mol. The van der Waals surface area contributed by atoms with Crippen LogP contribution in [-0.2, 0) is 21.7 Å². The third kappa shape index (κ3) is 5.05. The second-order valence-electron chi connectivity index (χ2n) is 5.24. The first-order chi connectivity index (χ1) is 11.6. The van der Waals surface area contributed by atoms with Crippen LogP contribution < -0.4 is 4.74 Å². The molecule has 2 rings (SSSR count). The fourth-order valence-corrected chi connectivity index (χ4v) is 4.37. The van der Waals surface area contributed by atoms with Crippen molar-refractivity contribution < 1.29 is 27.9 Å². The zero-order valence-electron chi connectivity index (χ0n) is 13.2. The van der Waals surface area contributed by atoms with E-state index in [0.29, 0.717) is 5.75 Å². The Hall–Kier alpha value is -0.920. The average Bonchev–Trinajstić information content (AvgIpc) is 2.54. The minimum Gasteiger partial charge on any atom is -0.497 e. The lowest BCUT2D eigenvalue weighted by Gasteiger charge is -2.19. The van der Waals surface area contributed by atoms with Crippen LogP contribution in [-0.4, -0.2) is 16.9 Å². The molecule has 0 heterocycles. The Morgan fingerprint density at radius 2 is 1.80 bits per heavy atom. The predicted molar refractivity (Wildman–Crippen MR) is 98.1 cm³/mol. The van der Waals surface area contributed by atoms with Crippen molar-refractivity contribution in [3.63, 3.8) is 0 Å². The minimum absolute atomic E-state index is 0.0275. The third-order valence-electron chi connectivity index (χ3n) is 3.39. The topological polar surface area (TPSA) is 66.8 Å². The molecule has 2 aromatic rings. The molecular weight excluding hydrogens is 437 g/mol. The Balaban J connectivity index is 2.05. The molecule has 0 spiro atoms. The molecule has 0 aromatic heterocycles. The van der Waals surface area contributed by atoms with Gasteiger partial charge in [0.25, 0.3) is 0 Å². The first kappa shape index (κ1) is 20.4. The van der Waals surface area contributed by atoms with E-state index in [1.165, 1.54) is 12.1 Å². The van der Waals surface area contributed by atoms with E-state index in [2.05, 4.69) is 15.9 Å². The minimum atomic E-state index is -5.58. The van der Waals surface area contributed by atoms with E-state index in [-0.39, 0.29) is 4.47 Å². The number of rotatable bonds is 7. The van der Waals surface area contributed by atoms with Crippen molar-refractivity contribution in [2.45, 2.75) is 17.2 Å². The molecule has 136 valence electrons. The Bertz CT molecular complexity index is 797. The van der Waals surface area contributed by atoms with E-state index in [1.807, 2.05) is 24.3 Å². The number of halogens is 3. The van der Waals surface area contributed by atoms with Crippen molar-refractivity contribution in [2.75, 3.05) is 7.11 Å². The van der Waals surface area contributed by atoms with Gasteiger partial charge in [-0.15, -0.1) is 0 Å². The molecule has 2 N–H and O–H groups in total. The molecule has 0 bridgehead atoms. The van der Waals surface area contributed by atoms with Crippen molar-refractivity contribution in [3.05, 3.63) is 63.6 Å². The van der Waals surface area contributed by atoms with E-state index in [1.54, 1.807) is 18.9 Å². The van der Waals surface area contributed by atoms with Crippen LogP contribution in [0.25, 0.3) is 0 Å². The second kappa shape index (κ2) is 8.18. The first-order valence-corrected chi connectivity index (χ1v) is 10.6. The SMILES string of the molecule is COc1cccc(CSCc2ccc(C(F)(F)P(=O)(O)O)c(Br)c2)c1. The fraction of sp³-hybridized carbons (Fsp3) is 0.250. The number of benzene rings is 2. The Morgan fingerprint density at radius 1 is 1.16 bits per heavy atom. The molecule has 9 heteroatoms. The second-order valence-corrected chi connectivity index (χ2v) is 8.73. The van der Waals surface area contributed by atoms with Gasteiger partial charge in [0.1, 0.15) is 5.75 Å². The van der Waals surface area contributed by atoms with Gasteiger partial charge >= 0.3 is 13.3 Å². The van der Waals surface area contributed by atoms with E-state index >= 15 is 0 Å². The molecule has 0 saturated carbocycles. The zero-order valence-corrected chi connectivity index (χ0v) is 16.5. The quantitative estimate of drug-likeness (QED) is 0.570. The van der Waals surface area contributed by atoms with Crippen LogP contribution in [0.5, 0.6) is 5.75 Å². The summed E-state index contributed by atoms with van der Waals surface area (Å²) in [6.45, 7) is 0. The van der Waals surface area contributed by atoms with Crippen LogP contribution in [0, 0.1) is 0 Å². The molecule has 0 fully saturated rings. The summed E-state index contributed by atoms with van der Waals surface area (Å²) in [5, 5.41) is 0. The van der Waals surface area contributed by atoms with Crippen LogP contribution in [0.1, 0.15) is 16.7 Å². The summed E-state index contributed by atoms with van der Waals surface area (Å²) >= 11 is 4.57. The van der Waals surface area contributed by atoms with Crippen molar-refractivity contribution in [3.8, 4) is 5.75 Å². The van der Waals surface area contributed by atoms with Gasteiger partial charge in [0, 0.05) is 21.5 Å². The normalized spacial score (nSPS) is 12.2. The molecule has 0 aliphatic carbocycles. The standard InChI is InChI=1S/C16H16BrF2O4PS/c1-23-13-4-2-3-11(7-13)9-25-10-12-5-6-14(15(17)8-12)16(18,19)24(20,21)22/h2-8H,9-10H2,1H3,(H2,20,21,22). The summed E-state index contributed by atoms with van der Waals surface area (Å²) in [4.78, 5) is 17.7. The summed E-state index contributed by atoms with van der Waals surface area (Å²) < 4.78 is 43.7. The van der Waals surface area contributed by atoms with Gasteiger partial charge in [-0.25, -0.2) is 0 Å². The molecule has 2 aromatic carbocycles. The van der Waals surface area contributed by atoms with Gasteiger partial charge in [0.15, 0.2) is 0 Å². The van der Waals surface area contributed by atoms with Crippen LogP contribution in [0.4, 0.5) is 8.78 Å². The van der Waals surface area contributed by atoms with Crippen molar-refractivity contribution in [2.24, 2.45) is 0 Å². The molecule has 0 amide bonds. The van der Waals surface area contributed by atoms with Gasteiger partial charge in [-0.05, 0) is 29.3 Å². The first-order valence-electron chi connectivity index (χ1n) is 7.08. The molecule has 0 aliphatic heterocycles. The van der Waals surface area contributed by atoms with E-state index < -0.39 is 18.8 Å². The summed E-state index contributed by atoms with van der Waals surface area (Å²) in [6, 6.07) is 11.6. The van der Waals surface area contributed by atoms with Crippen LogP contribution >= 0.6 is 35.3 Å². The highest BCUT2D eigenvalue weighted by molar-refractivity contribution is 9.10. The van der Waals surface area contributed by atoms with Gasteiger partial charge in [-0.1, -0.05) is 40.2 Å². The molecule has 0 atom stereocenters. The molecule has 4 nitrogen and oxygen atoms in total. The maximum absolute atomic E-state index is 13.8. The summed E-state index contributed by atoms with van der Waals surface area (Å²) in [5.41, 5.74) is -3.10. The van der Waals surface area contributed by atoms with E-state index in [9.17, 15) is 13.3 Å². The molecule has 0 radical (unpaired) electrons.